The zero-order valence-electron chi connectivity index (χ0n) is 10.1. The van der Waals surface area contributed by atoms with Gasteiger partial charge in [0.15, 0.2) is 0 Å². The van der Waals surface area contributed by atoms with Crippen molar-refractivity contribution in [2.45, 2.75) is 13.5 Å². The first kappa shape index (κ1) is 12.2. The third-order valence-corrected chi connectivity index (χ3v) is 2.27. The minimum atomic E-state index is -0.392. The Bertz CT molecular complexity index is 526. The molecule has 0 unspecified atom stereocenters. The quantitative estimate of drug-likeness (QED) is 0.598. The van der Waals surface area contributed by atoms with Crippen LogP contribution in [-0.4, -0.2) is 22.4 Å². The van der Waals surface area contributed by atoms with Crippen LogP contribution in [0.1, 0.15) is 11.5 Å². The van der Waals surface area contributed by atoms with Gasteiger partial charge in [0.1, 0.15) is 18.1 Å². The van der Waals surface area contributed by atoms with Crippen LogP contribution >= 0.6 is 0 Å². The van der Waals surface area contributed by atoms with Crippen LogP contribution in [0.2, 0.25) is 0 Å². The predicted octanol–water partition coefficient (Wildman–Crippen LogP) is 2.04. The smallest absolute Gasteiger partial charge is 0.330 e. The number of esters is 1. The molecular formula is C13H14N2O3. The first-order valence-corrected chi connectivity index (χ1v) is 5.63. The minimum absolute atomic E-state index is 0.294. The van der Waals surface area contributed by atoms with E-state index in [1.165, 1.54) is 6.08 Å². The van der Waals surface area contributed by atoms with Crippen molar-refractivity contribution < 1.29 is 13.9 Å². The number of hydrogen-bond acceptors (Lipinski definition) is 4. The molecule has 2 aromatic heterocycles. The van der Waals surface area contributed by atoms with Gasteiger partial charge in [-0.25, -0.2) is 4.79 Å². The van der Waals surface area contributed by atoms with E-state index in [4.69, 9.17) is 9.15 Å². The van der Waals surface area contributed by atoms with Crippen molar-refractivity contribution in [1.29, 1.82) is 0 Å². The first-order chi connectivity index (χ1) is 8.74. The number of rotatable bonds is 5. The van der Waals surface area contributed by atoms with Gasteiger partial charge in [0.2, 0.25) is 0 Å². The van der Waals surface area contributed by atoms with Crippen LogP contribution in [0, 0.1) is 6.92 Å². The summed E-state index contributed by atoms with van der Waals surface area (Å²) in [4.78, 5) is 11.4. The second-order valence-corrected chi connectivity index (χ2v) is 3.72. The van der Waals surface area contributed by atoms with Gasteiger partial charge in [0.05, 0.1) is 6.54 Å². The molecule has 2 rings (SSSR count). The third-order valence-electron chi connectivity index (χ3n) is 2.27. The van der Waals surface area contributed by atoms with Gasteiger partial charge in [0, 0.05) is 18.5 Å². The molecule has 0 fully saturated rings. The molecule has 2 aromatic rings. The number of carbonyl (C=O) groups excluding carboxylic acids is 1. The Hall–Kier alpha value is -2.30. The molecule has 0 spiro atoms. The number of aromatic nitrogens is 2. The van der Waals surface area contributed by atoms with Crippen molar-refractivity contribution in [3.63, 3.8) is 0 Å². The molecule has 0 radical (unpaired) electrons. The summed E-state index contributed by atoms with van der Waals surface area (Å²) in [5.41, 5.74) is 0. The molecule has 18 heavy (non-hydrogen) atoms. The van der Waals surface area contributed by atoms with Crippen LogP contribution in [0.3, 0.4) is 0 Å². The highest BCUT2D eigenvalue weighted by Gasteiger charge is 1.99. The summed E-state index contributed by atoms with van der Waals surface area (Å²) in [6.45, 7) is 2.69. The molecule has 2 heterocycles. The summed E-state index contributed by atoms with van der Waals surface area (Å²) >= 11 is 0. The Morgan fingerprint density at radius 1 is 1.56 bits per heavy atom. The van der Waals surface area contributed by atoms with Gasteiger partial charge < -0.3 is 9.15 Å². The Labute approximate surface area is 105 Å². The van der Waals surface area contributed by atoms with E-state index in [1.807, 2.05) is 25.3 Å². The second-order valence-electron chi connectivity index (χ2n) is 3.72. The zero-order chi connectivity index (χ0) is 12.8. The molecule has 0 atom stereocenters. The van der Waals surface area contributed by atoms with Crippen molar-refractivity contribution in [3.8, 4) is 0 Å². The largest absolute Gasteiger partial charge is 0.462 e. The molecule has 0 saturated carbocycles. The Balaban J connectivity index is 1.73. The normalized spacial score (nSPS) is 10.9. The molecule has 0 bridgehead atoms. The highest BCUT2D eigenvalue weighted by atomic mass is 16.5. The number of ether oxygens (including phenoxy) is 1. The van der Waals surface area contributed by atoms with Crippen molar-refractivity contribution in [2.24, 2.45) is 0 Å². The second kappa shape index (κ2) is 5.86. The maximum absolute atomic E-state index is 11.4. The van der Waals surface area contributed by atoms with Gasteiger partial charge in [0.25, 0.3) is 0 Å². The molecule has 0 aliphatic heterocycles. The Morgan fingerprint density at radius 3 is 3.11 bits per heavy atom. The van der Waals surface area contributed by atoms with Crippen molar-refractivity contribution in [3.05, 3.63) is 48.2 Å². The van der Waals surface area contributed by atoms with Gasteiger partial charge in [-0.1, -0.05) is 0 Å². The standard InChI is InChI=1S/C13H14N2O3/c1-11-3-4-12(18-11)5-6-13(16)17-10-9-15-8-2-7-14-15/h2-8H,9-10H2,1H3/b6-5+. The fourth-order valence-electron chi connectivity index (χ4n) is 1.41. The highest BCUT2D eigenvalue weighted by Crippen LogP contribution is 2.07. The van der Waals surface area contributed by atoms with Gasteiger partial charge in [-0.05, 0) is 31.2 Å². The summed E-state index contributed by atoms with van der Waals surface area (Å²) in [6, 6.07) is 5.45. The van der Waals surface area contributed by atoms with E-state index < -0.39 is 5.97 Å². The van der Waals surface area contributed by atoms with E-state index in [0.717, 1.165) is 5.76 Å². The number of carbonyl (C=O) groups is 1. The van der Waals surface area contributed by atoms with Crippen LogP contribution in [0.5, 0.6) is 0 Å². The topological polar surface area (TPSA) is 57.3 Å². The molecular weight excluding hydrogens is 232 g/mol. The van der Waals surface area contributed by atoms with Crippen LogP contribution in [-0.2, 0) is 16.1 Å². The summed E-state index contributed by atoms with van der Waals surface area (Å²) < 4.78 is 12.0. The van der Waals surface area contributed by atoms with E-state index in [1.54, 1.807) is 23.0 Å². The Morgan fingerprint density at radius 2 is 2.44 bits per heavy atom. The molecule has 0 N–H and O–H groups in total. The van der Waals surface area contributed by atoms with Crippen LogP contribution in [0.25, 0.3) is 6.08 Å². The monoisotopic (exact) mass is 246 g/mol. The number of nitrogens with zero attached hydrogens (tertiary/aromatic N) is 2. The molecule has 0 aliphatic rings. The van der Waals surface area contributed by atoms with Crippen molar-refractivity contribution >= 4 is 12.0 Å². The van der Waals surface area contributed by atoms with Gasteiger partial charge in [-0.15, -0.1) is 0 Å². The maximum Gasteiger partial charge on any atom is 0.330 e. The average molecular weight is 246 g/mol. The lowest BCUT2D eigenvalue weighted by Gasteiger charge is -2.01. The fraction of sp³-hybridized carbons (Fsp3) is 0.231. The molecule has 0 saturated heterocycles. The van der Waals surface area contributed by atoms with E-state index >= 15 is 0 Å². The highest BCUT2D eigenvalue weighted by molar-refractivity contribution is 5.86. The van der Waals surface area contributed by atoms with E-state index in [0.29, 0.717) is 18.9 Å². The van der Waals surface area contributed by atoms with Crippen LogP contribution < -0.4 is 0 Å². The lowest BCUT2D eigenvalue weighted by atomic mass is 10.4. The molecule has 0 aliphatic carbocycles. The van der Waals surface area contributed by atoms with E-state index in [2.05, 4.69) is 5.10 Å². The van der Waals surface area contributed by atoms with E-state index in [9.17, 15) is 4.79 Å². The summed E-state index contributed by atoms with van der Waals surface area (Å²) in [5, 5.41) is 4.00. The number of aryl methyl sites for hydroxylation is 1. The van der Waals surface area contributed by atoms with Gasteiger partial charge in [-0.3, -0.25) is 4.68 Å². The molecule has 0 aromatic carbocycles. The maximum atomic E-state index is 11.4. The van der Waals surface area contributed by atoms with Crippen LogP contribution in [0.4, 0.5) is 0 Å². The molecule has 5 nitrogen and oxygen atoms in total. The van der Waals surface area contributed by atoms with Crippen LogP contribution in [0.15, 0.2) is 41.1 Å². The summed E-state index contributed by atoms with van der Waals surface area (Å²) in [6.07, 6.45) is 6.43. The summed E-state index contributed by atoms with van der Waals surface area (Å²) in [7, 11) is 0. The first-order valence-electron chi connectivity index (χ1n) is 5.63. The van der Waals surface area contributed by atoms with Crippen molar-refractivity contribution in [2.75, 3.05) is 6.61 Å². The van der Waals surface area contributed by atoms with Gasteiger partial charge in [-0.2, -0.15) is 5.10 Å². The lowest BCUT2D eigenvalue weighted by molar-refractivity contribution is -0.138. The molecule has 94 valence electrons. The number of hydrogen-bond donors (Lipinski definition) is 0. The zero-order valence-corrected chi connectivity index (χ0v) is 10.1. The van der Waals surface area contributed by atoms with Crippen molar-refractivity contribution in [1.82, 2.24) is 9.78 Å². The molecule has 0 amide bonds. The molecule has 5 heteroatoms. The Kier molecular flexibility index (Phi) is 3.96. The minimum Gasteiger partial charge on any atom is -0.462 e. The fourth-order valence-corrected chi connectivity index (χ4v) is 1.41. The number of furan rings is 1. The van der Waals surface area contributed by atoms with Gasteiger partial charge >= 0.3 is 5.97 Å². The SMILES string of the molecule is Cc1ccc(/C=C/C(=O)OCCn2cccn2)o1. The average Bonchev–Trinajstić information content (AvgIpc) is 2.98. The predicted molar refractivity (Wildman–Crippen MR) is 65.7 cm³/mol. The van der Waals surface area contributed by atoms with E-state index in [-0.39, 0.29) is 0 Å². The lowest BCUT2D eigenvalue weighted by Crippen LogP contribution is -2.09. The summed E-state index contributed by atoms with van der Waals surface area (Å²) in [5.74, 6) is 1.05. The third kappa shape index (κ3) is 3.62.